The van der Waals surface area contributed by atoms with Crippen LogP contribution in [0.3, 0.4) is 0 Å². The molecule has 9 aromatic rings. The van der Waals surface area contributed by atoms with E-state index in [4.69, 9.17) is 0 Å². The summed E-state index contributed by atoms with van der Waals surface area (Å²) in [5, 5.41) is 0. The quantitative estimate of drug-likeness (QED) is 0.146. The lowest BCUT2D eigenvalue weighted by Crippen LogP contribution is -2.38. The molecule has 0 amide bonds. The van der Waals surface area contributed by atoms with Gasteiger partial charge in [0.05, 0.1) is 16.8 Å². The van der Waals surface area contributed by atoms with Gasteiger partial charge in [-0.2, -0.15) is 0 Å². The molecule has 0 N–H and O–H groups in total. The SMILES string of the molecule is c1ccc(N(c2ccccc2)c2cccc(C3(c4cccc(N(c5ccccc5)c5ccccc5)c4)c4ccccc4N(c4ccccc4)c4ccccc43)c2)cc1. The van der Waals surface area contributed by atoms with Gasteiger partial charge in [-0.25, -0.2) is 0 Å². The van der Waals surface area contributed by atoms with Gasteiger partial charge >= 0.3 is 0 Å². The average molecular weight is 744 g/mol. The molecule has 3 nitrogen and oxygen atoms in total. The number of rotatable bonds is 9. The number of para-hydroxylation sites is 7. The van der Waals surface area contributed by atoms with E-state index in [0.717, 1.165) is 51.2 Å². The van der Waals surface area contributed by atoms with Crippen LogP contribution in [-0.2, 0) is 5.41 Å². The van der Waals surface area contributed by atoms with Crippen LogP contribution >= 0.6 is 0 Å². The van der Waals surface area contributed by atoms with E-state index in [1.54, 1.807) is 0 Å². The molecule has 10 rings (SSSR count). The highest BCUT2D eigenvalue weighted by Gasteiger charge is 2.47. The van der Waals surface area contributed by atoms with Crippen LogP contribution < -0.4 is 14.7 Å². The first-order valence-corrected chi connectivity index (χ1v) is 19.9. The summed E-state index contributed by atoms with van der Waals surface area (Å²) in [5.74, 6) is 0. The summed E-state index contributed by atoms with van der Waals surface area (Å²) < 4.78 is 0. The normalized spacial score (nSPS) is 12.6. The van der Waals surface area contributed by atoms with E-state index in [-0.39, 0.29) is 0 Å². The number of benzene rings is 9. The molecule has 0 bridgehead atoms. The maximum atomic E-state index is 2.43. The van der Waals surface area contributed by atoms with Gasteiger partial charge in [0.1, 0.15) is 0 Å². The second-order valence-corrected chi connectivity index (χ2v) is 14.6. The van der Waals surface area contributed by atoms with Gasteiger partial charge in [-0.3, -0.25) is 0 Å². The summed E-state index contributed by atoms with van der Waals surface area (Å²) in [6, 6.07) is 89.7. The van der Waals surface area contributed by atoms with Crippen LogP contribution in [0, 0.1) is 0 Å². The van der Waals surface area contributed by atoms with Crippen molar-refractivity contribution in [1.29, 1.82) is 0 Å². The molecule has 0 aliphatic carbocycles. The highest BCUT2D eigenvalue weighted by Crippen LogP contribution is 2.58. The third-order valence-electron chi connectivity index (χ3n) is 11.2. The van der Waals surface area contributed by atoms with Gasteiger partial charge in [-0.15, -0.1) is 0 Å². The van der Waals surface area contributed by atoms with Crippen molar-refractivity contribution in [2.24, 2.45) is 0 Å². The van der Waals surface area contributed by atoms with E-state index in [0.29, 0.717) is 0 Å². The molecule has 0 atom stereocenters. The molecule has 1 aliphatic heterocycles. The maximum Gasteiger partial charge on any atom is 0.0743 e. The van der Waals surface area contributed by atoms with Gasteiger partial charge in [-0.05, 0) is 119 Å². The molecular formula is C55H41N3. The lowest BCUT2D eigenvalue weighted by Gasteiger charge is -2.47. The molecule has 0 spiro atoms. The summed E-state index contributed by atoms with van der Waals surface area (Å²) in [5.41, 5.74) is 14.0. The Labute approximate surface area is 341 Å². The first kappa shape index (κ1) is 34.8. The first-order chi connectivity index (χ1) is 28.8. The zero-order chi connectivity index (χ0) is 38.7. The number of nitrogens with zero attached hydrogens (tertiary/aromatic N) is 3. The fourth-order valence-corrected chi connectivity index (χ4v) is 8.85. The van der Waals surface area contributed by atoms with E-state index in [9.17, 15) is 0 Å². The van der Waals surface area contributed by atoms with E-state index in [1.807, 2.05) is 0 Å². The van der Waals surface area contributed by atoms with Gasteiger partial charge in [0.2, 0.25) is 0 Å². The topological polar surface area (TPSA) is 9.72 Å². The fourth-order valence-electron chi connectivity index (χ4n) is 8.85. The summed E-state index contributed by atoms with van der Waals surface area (Å²) in [4.78, 5) is 7.14. The zero-order valence-electron chi connectivity index (χ0n) is 32.0. The standard InChI is InChI=1S/C55H41N3/c1-6-24-44(25-7-1)56(45-26-8-2-9-27-45)49-34-20-22-42(40-49)55(43-23-21-35-50(41-43)57(46-28-10-3-11-29-46)47-30-12-4-13-31-47)51-36-16-18-38-53(51)58(48-32-14-5-15-33-48)54-39-19-17-37-52(54)55/h1-41H. The molecule has 276 valence electrons. The molecular weight excluding hydrogens is 703 g/mol. The van der Waals surface area contributed by atoms with Gasteiger partial charge in [0.15, 0.2) is 0 Å². The van der Waals surface area contributed by atoms with Crippen LogP contribution in [0.1, 0.15) is 22.3 Å². The maximum absolute atomic E-state index is 2.43. The van der Waals surface area contributed by atoms with Gasteiger partial charge in [0.25, 0.3) is 0 Å². The van der Waals surface area contributed by atoms with Crippen molar-refractivity contribution < 1.29 is 0 Å². The van der Waals surface area contributed by atoms with Gasteiger partial charge < -0.3 is 14.7 Å². The third kappa shape index (κ3) is 6.01. The van der Waals surface area contributed by atoms with Gasteiger partial charge in [0, 0.05) is 39.8 Å². The van der Waals surface area contributed by atoms with E-state index in [1.165, 1.54) is 22.3 Å². The van der Waals surface area contributed by atoms with Crippen LogP contribution in [0.5, 0.6) is 0 Å². The van der Waals surface area contributed by atoms with Crippen molar-refractivity contribution in [3.63, 3.8) is 0 Å². The summed E-state index contributed by atoms with van der Waals surface area (Å²) in [7, 11) is 0. The van der Waals surface area contributed by atoms with Crippen molar-refractivity contribution in [1.82, 2.24) is 0 Å². The molecule has 0 fully saturated rings. The molecule has 0 radical (unpaired) electrons. The molecule has 1 aliphatic rings. The molecule has 3 heteroatoms. The summed E-state index contributed by atoms with van der Waals surface area (Å²) in [6.45, 7) is 0. The molecule has 0 aromatic heterocycles. The Morgan fingerprint density at radius 3 is 0.966 bits per heavy atom. The van der Waals surface area contributed by atoms with E-state index >= 15 is 0 Å². The molecule has 0 unspecified atom stereocenters. The Kier molecular flexibility index (Phi) is 9.09. The van der Waals surface area contributed by atoms with Crippen molar-refractivity contribution in [3.8, 4) is 0 Å². The Bertz CT molecular complexity index is 2530. The minimum Gasteiger partial charge on any atom is -0.310 e. The van der Waals surface area contributed by atoms with Crippen LogP contribution in [0.4, 0.5) is 51.2 Å². The number of fused-ring (bicyclic) bond motifs is 2. The molecule has 0 saturated heterocycles. The Balaban J connectivity index is 1.28. The Hall–Kier alpha value is -7.62. The van der Waals surface area contributed by atoms with Gasteiger partial charge in [-0.1, -0.05) is 152 Å². The number of hydrogen-bond donors (Lipinski definition) is 0. The number of hydrogen-bond acceptors (Lipinski definition) is 3. The Morgan fingerprint density at radius 2 is 0.586 bits per heavy atom. The number of anilines is 9. The predicted octanol–water partition coefficient (Wildman–Crippen LogP) is 14.8. The molecule has 1 heterocycles. The molecule has 9 aromatic carbocycles. The van der Waals surface area contributed by atoms with Crippen molar-refractivity contribution >= 4 is 51.2 Å². The highest BCUT2D eigenvalue weighted by atomic mass is 15.2. The fraction of sp³-hybridized carbons (Fsp3) is 0.0182. The third-order valence-corrected chi connectivity index (χ3v) is 11.2. The van der Waals surface area contributed by atoms with Crippen LogP contribution in [0.2, 0.25) is 0 Å². The lowest BCUT2D eigenvalue weighted by atomic mass is 9.62. The van der Waals surface area contributed by atoms with Crippen molar-refractivity contribution in [3.05, 3.63) is 271 Å². The van der Waals surface area contributed by atoms with Crippen molar-refractivity contribution in [2.75, 3.05) is 14.7 Å². The summed E-state index contributed by atoms with van der Waals surface area (Å²) in [6.07, 6.45) is 0. The largest absolute Gasteiger partial charge is 0.310 e. The molecule has 58 heavy (non-hydrogen) atoms. The van der Waals surface area contributed by atoms with Crippen LogP contribution in [0.15, 0.2) is 249 Å². The summed E-state index contributed by atoms with van der Waals surface area (Å²) >= 11 is 0. The van der Waals surface area contributed by atoms with E-state index < -0.39 is 5.41 Å². The second-order valence-electron chi connectivity index (χ2n) is 14.6. The Morgan fingerprint density at radius 1 is 0.276 bits per heavy atom. The van der Waals surface area contributed by atoms with Crippen LogP contribution in [0.25, 0.3) is 0 Å². The second kappa shape index (κ2) is 15.1. The first-order valence-electron chi connectivity index (χ1n) is 19.9. The zero-order valence-corrected chi connectivity index (χ0v) is 32.0. The van der Waals surface area contributed by atoms with Crippen molar-refractivity contribution in [2.45, 2.75) is 5.41 Å². The average Bonchev–Trinajstić information content (AvgIpc) is 3.30. The monoisotopic (exact) mass is 743 g/mol. The van der Waals surface area contributed by atoms with E-state index in [2.05, 4.69) is 263 Å². The predicted molar refractivity (Wildman–Crippen MR) is 242 cm³/mol. The minimum absolute atomic E-state index is 0.720. The molecule has 0 saturated carbocycles. The van der Waals surface area contributed by atoms with Crippen LogP contribution in [-0.4, -0.2) is 0 Å². The lowest BCUT2D eigenvalue weighted by molar-refractivity contribution is 0.731. The smallest absolute Gasteiger partial charge is 0.0743 e. The minimum atomic E-state index is -0.720. The highest BCUT2D eigenvalue weighted by molar-refractivity contribution is 5.90.